The molecule has 2 aromatic carbocycles. The third-order valence-electron chi connectivity index (χ3n) is 5.99. The van der Waals surface area contributed by atoms with Crippen molar-refractivity contribution in [2.45, 2.75) is 32.2 Å². The molecule has 0 aromatic heterocycles. The van der Waals surface area contributed by atoms with Crippen molar-refractivity contribution >= 4 is 11.8 Å². The largest absolute Gasteiger partial charge is 0.497 e. The van der Waals surface area contributed by atoms with Crippen molar-refractivity contribution in [2.75, 3.05) is 7.11 Å². The second kappa shape index (κ2) is 5.97. The van der Waals surface area contributed by atoms with Crippen LogP contribution in [0, 0.1) is 18.8 Å². The molecule has 3 atom stereocenters. The Hall–Kier alpha value is -2.62. The molecule has 4 rings (SSSR count). The van der Waals surface area contributed by atoms with E-state index in [1.54, 1.807) is 7.11 Å². The van der Waals surface area contributed by atoms with Gasteiger partial charge < -0.3 is 4.74 Å². The monoisotopic (exact) mass is 349 g/mol. The van der Waals surface area contributed by atoms with E-state index in [4.69, 9.17) is 4.74 Å². The Kier molecular flexibility index (Phi) is 3.87. The van der Waals surface area contributed by atoms with E-state index in [9.17, 15) is 9.59 Å². The predicted octanol–water partition coefficient (Wildman–Crippen LogP) is 3.47. The maximum absolute atomic E-state index is 13.0. The minimum atomic E-state index is -0.374. The van der Waals surface area contributed by atoms with E-state index in [0.717, 1.165) is 28.9 Å². The first kappa shape index (κ1) is 16.8. The van der Waals surface area contributed by atoms with E-state index in [1.807, 2.05) is 49.4 Å². The standard InChI is InChI=1S/C22H23NO3/c1-4-22(16-10-14(2)11-17(12-16)26-3)18-19(22)21(25)23(20(18)24)13-15-8-6-5-7-9-15/h5-12,18-19H,4,13H2,1-3H3/t18-,19+,22-. The number of benzene rings is 2. The van der Waals surface area contributed by atoms with Gasteiger partial charge in [0.25, 0.3) is 0 Å². The number of ether oxygens (including phenoxy) is 1. The molecule has 4 heteroatoms. The lowest BCUT2D eigenvalue weighted by molar-refractivity contribution is -0.143. The number of fused-ring (bicyclic) bond motifs is 1. The third kappa shape index (κ3) is 2.28. The lowest BCUT2D eigenvalue weighted by Crippen LogP contribution is -2.38. The summed E-state index contributed by atoms with van der Waals surface area (Å²) in [7, 11) is 1.64. The molecule has 26 heavy (non-hydrogen) atoms. The number of likely N-dealkylation sites (tertiary alicyclic amines) is 1. The van der Waals surface area contributed by atoms with Crippen LogP contribution < -0.4 is 4.74 Å². The smallest absolute Gasteiger partial charge is 0.234 e. The van der Waals surface area contributed by atoms with E-state index in [2.05, 4.69) is 13.0 Å². The van der Waals surface area contributed by atoms with Gasteiger partial charge in [-0.15, -0.1) is 0 Å². The molecule has 2 fully saturated rings. The van der Waals surface area contributed by atoms with Gasteiger partial charge in [-0.05, 0) is 42.2 Å². The van der Waals surface area contributed by atoms with Crippen LogP contribution >= 0.6 is 0 Å². The maximum Gasteiger partial charge on any atom is 0.234 e. The van der Waals surface area contributed by atoms with E-state index in [1.165, 1.54) is 4.90 Å². The van der Waals surface area contributed by atoms with Crippen LogP contribution in [0.2, 0.25) is 0 Å². The number of amides is 2. The molecule has 1 saturated heterocycles. The van der Waals surface area contributed by atoms with E-state index >= 15 is 0 Å². The van der Waals surface area contributed by atoms with Crippen molar-refractivity contribution in [3.05, 3.63) is 65.2 Å². The van der Waals surface area contributed by atoms with Crippen LogP contribution in [0.15, 0.2) is 48.5 Å². The number of carbonyl (C=O) groups is 2. The number of aryl methyl sites for hydroxylation is 1. The summed E-state index contributed by atoms with van der Waals surface area (Å²) in [6.07, 6.45) is 0.769. The van der Waals surface area contributed by atoms with E-state index in [-0.39, 0.29) is 29.1 Å². The van der Waals surface area contributed by atoms with Gasteiger partial charge in [0, 0.05) is 5.41 Å². The Bertz CT molecular complexity index is 852. The second-order valence-electron chi connectivity index (χ2n) is 7.34. The molecule has 0 spiro atoms. The Labute approximate surface area is 153 Å². The highest BCUT2D eigenvalue weighted by molar-refractivity contribution is 6.11. The molecule has 134 valence electrons. The Morgan fingerprint density at radius 2 is 1.69 bits per heavy atom. The lowest BCUT2D eigenvalue weighted by Gasteiger charge is -2.25. The number of carbonyl (C=O) groups excluding carboxylic acids is 2. The average molecular weight is 349 g/mol. The number of imide groups is 1. The molecule has 1 aliphatic carbocycles. The van der Waals surface area contributed by atoms with Crippen LogP contribution in [0.1, 0.15) is 30.0 Å². The fraction of sp³-hybridized carbons (Fsp3) is 0.364. The van der Waals surface area contributed by atoms with Gasteiger partial charge in [0.2, 0.25) is 11.8 Å². The zero-order valence-corrected chi connectivity index (χ0v) is 15.4. The first-order valence-electron chi connectivity index (χ1n) is 9.08. The summed E-state index contributed by atoms with van der Waals surface area (Å²) in [5, 5.41) is 0. The highest BCUT2D eigenvalue weighted by Gasteiger charge is 2.76. The number of nitrogens with zero attached hydrogens (tertiary/aromatic N) is 1. The van der Waals surface area contributed by atoms with Crippen LogP contribution in [-0.4, -0.2) is 23.8 Å². The summed E-state index contributed by atoms with van der Waals surface area (Å²) < 4.78 is 5.40. The fourth-order valence-corrected chi connectivity index (χ4v) is 4.67. The van der Waals surface area contributed by atoms with E-state index in [0.29, 0.717) is 6.54 Å². The molecule has 4 nitrogen and oxygen atoms in total. The molecule has 0 radical (unpaired) electrons. The molecular formula is C22H23NO3. The van der Waals surface area contributed by atoms with Gasteiger partial charge in [0.1, 0.15) is 5.75 Å². The first-order valence-corrected chi connectivity index (χ1v) is 9.08. The van der Waals surface area contributed by atoms with Crippen molar-refractivity contribution in [1.82, 2.24) is 4.90 Å². The van der Waals surface area contributed by atoms with Crippen molar-refractivity contribution in [1.29, 1.82) is 0 Å². The average Bonchev–Trinajstić information content (AvgIpc) is 3.28. The van der Waals surface area contributed by atoms with Crippen LogP contribution in [0.25, 0.3) is 0 Å². The normalized spacial score (nSPS) is 26.8. The molecule has 0 N–H and O–H groups in total. The minimum Gasteiger partial charge on any atom is -0.497 e. The third-order valence-corrected chi connectivity index (χ3v) is 5.99. The Balaban J connectivity index is 1.65. The lowest BCUT2D eigenvalue weighted by atomic mass is 9.86. The van der Waals surface area contributed by atoms with Crippen molar-refractivity contribution in [2.24, 2.45) is 11.8 Å². The number of piperidine rings is 1. The maximum atomic E-state index is 13.0. The molecule has 2 amide bonds. The molecule has 0 unspecified atom stereocenters. The second-order valence-corrected chi connectivity index (χ2v) is 7.34. The SMILES string of the molecule is CC[C@]1(c2cc(C)cc(OC)c2)[C@@H]2C(=O)N(Cc3ccccc3)C(=O)[C@@H]21. The fourth-order valence-electron chi connectivity index (χ4n) is 4.67. The van der Waals surface area contributed by atoms with Gasteiger partial charge >= 0.3 is 0 Å². The van der Waals surface area contributed by atoms with Crippen molar-refractivity contribution in [3.8, 4) is 5.75 Å². The van der Waals surface area contributed by atoms with Crippen molar-refractivity contribution in [3.63, 3.8) is 0 Å². The summed E-state index contributed by atoms with van der Waals surface area (Å²) in [5.74, 6) is 0.224. The van der Waals surface area contributed by atoms with Gasteiger partial charge in [-0.25, -0.2) is 0 Å². The Morgan fingerprint density at radius 3 is 2.27 bits per heavy atom. The summed E-state index contributed by atoms with van der Waals surface area (Å²) in [5.41, 5.74) is 2.74. The molecule has 2 aliphatic rings. The zero-order valence-electron chi connectivity index (χ0n) is 15.4. The molecular weight excluding hydrogens is 326 g/mol. The van der Waals surface area contributed by atoms with Gasteiger partial charge in [-0.2, -0.15) is 0 Å². The number of hydrogen-bond donors (Lipinski definition) is 0. The van der Waals surface area contributed by atoms with Crippen molar-refractivity contribution < 1.29 is 14.3 Å². The molecule has 1 aliphatic heterocycles. The number of methoxy groups -OCH3 is 1. The van der Waals surface area contributed by atoms with Crippen LogP contribution in [0.3, 0.4) is 0 Å². The summed E-state index contributed by atoms with van der Waals surface area (Å²) in [4.78, 5) is 27.5. The van der Waals surface area contributed by atoms with Gasteiger partial charge in [-0.1, -0.05) is 43.3 Å². The molecule has 1 saturated carbocycles. The highest BCUT2D eigenvalue weighted by Crippen LogP contribution is 2.67. The first-order chi connectivity index (χ1) is 12.5. The topological polar surface area (TPSA) is 46.6 Å². The van der Waals surface area contributed by atoms with Crippen LogP contribution in [0.4, 0.5) is 0 Å². The highest BCUT2D eigenvalue weighted by atomic mass is 16.5. The zero-order chi connectivity index (χ0) is 18.5. The quantitative estimate of drug-likeness (QED) is 0.777. The number of rotatable bonds is 5. The van der Waals surface area contributed by atoms with Gasteiger partial charge in [-0.3, -0.25) is 14.5 Å². The summed E-state index contributed by atoms with van der Waals surface area (Å²) in [6.45, 7) is 4.44. The molecule has 1 heterocycles. The van der Waals surface area contributed by atoms with Gasteiger partial charge in [0.05, 0.1) is 25.5 Å². The van der Waals surface area contributed by atoms with E-state index < -0.39 is 0 Å². The number of hydrogen-bond acceptors (Lipinski definition) is 3. The van der Waals surface area contributed by atoms with Gasteiger partial charge in [0.15, 0.2) is 0 Å². The summed E-state index contributed by atoms with van der Waals surface area (Å²) >= 11 is 0. The van der Waals surface area contributed by atoms with Crippen LogP contribution in [0.5, 0.6) is 5.75 Å². The molecule has 2 aromatic rings. The van der Waals surface area contributed by atoms with Crippen LogP contribution in [-0.2, 0) is 21.5 Å². The predicted molar refractivity (Wildman–Crippen MR) is 98.7 cm³/mol. The molecule has 0 bridgehead atoms. The minimum absolute atomic E-state index is 0.0359. The summed E-state index contributed by atoms with van der Waals surface area (Å²) in [6, 6.07) is 15.7. The Morgan fingerprint density at radius 1 is 1.04 bits per heavy atom.